The molecule has 0 aliphatic heterocycles. The molecule has 120 valence electrons. The maximum absolute atomic E-state index is 5.94. The number of aryl methyl sites for hydroxylation is 1. The first-order chi connectivity index (χ1) is 10.1. The van der Waals surface area contributed by atoms with Gasteiger partial charge >= 0.3 is 8.80 Å². The van der Waals surface area contributed by atoms with E-state index in [4.69, 9.17) is 22.8 Å². The molecule has 0 amide bonds. The van der Waals surface area contributed by atoms with Gasteiger partial charge in [0.25, 0.3) is 0 Å². The van der Waals surface area contributed by atoms with E-state index in [0.29, 0.717) is 25.6 Å². The van der Waals surface area contributed by atoms with Crippen LogP contribution in [0.25, 0.3) is 0 Å². The summed E-state index contributed by atoms with van der Waals surface area (Å²) in [7, 11) is 0.263. The minimum absolute atomic E-state index is 0.506. The SMILES string of the molecule is CCO[Si](OCC)(OCC)c1cc(OC)c(C)cc1OC. The van der Waals surface area contributed by atoms with Crippen molar-refractivity contribution >= 4 is 14.0 Å². The quantitative estimate of drug-likeness (QED) is 0.654. The van der Waals surface area contributed by atoms with E-state index in [1.165, 1.54) is 0 Å². The Balaban J connectivity index is 3.45. The van der Waals surface area contributed by atoms with Crippen molar-refractivity contribution in [2.45, 2.75) is 27.7 Å². The van der Waals surface area contributed by atoms with Crippen LogP contribution in [0, 0.1) is 6.92 Å². The van der Waals surface area contributed by atoms with Crippen LogP contribution in [-0.2, 0) is 13.3 Å². The normalized spacial score (nSPS) is 11.5. The third kappa shape index (κ3) is 3.97. The van der Waals surface area contributed by atoms with E-state index >= 15 is 0 Å². The first-order valence-corrected chi connectivity index (χ1v) is 8.95. The summed E-state index contributed by atoms with van der Waals surface area (Å²) in [6, 6.07) is 3.83. The molecule has 0 bridgehead atoms. The zero-order valence-electron chi connectivity index (χ0n) is 13.8. The molecule has 21 heavy (non-hydrogen) atoms. The van der Waals surface area contributed by atoms with Gasteiger partial charge in [0.2, 0.25) is 0 Å². The van der Waals surface area contributed by atoms with E-state index in [-0.39, 0.29) is 0 Å². The van der Waals surface area contributed by atoms with Crippen molar-refractivity contribution in [3.8, 4) is 11.5 Å². The van der Waals surface area contributed by atoms with Crippen LogP contribution >= 0.6 is 0 Å². The highest BCUT2D eigenvalue weighted by Crippen LogP contribution is 2.26. The monoisotopic (exact) mass is 314 g/mol. The minimum atomic E-state index is -3.01. The first-order valence-electron chi connectivity index (χ1n) is 7.23. The van der Waals surface area contributed by atoms with E-state index in [0.717, 1.165) is 16.5 Å². The van der Waals surface area contributed by atoms with Crippen LogP contribution in [-0.4, -0.2) is 42.8 Å². The molecule has 0 aliphatic carbocycles. The van der Waals surface area contributed by atoms with Gasteiger partial charge in [0.15, 0.2) is 0 Å². The lowest BCUT2D eigenvalue weighted by molar-refractivity contribution is 0.0853. The van der Waals surface area contributed by atoms with Crippen LogP contribution in [0.4, 0.5) is 0 Å². The molecule has 0 N–H and O–H groups in total. The molecule has 0 fully saturated rings. The summed E-state index contributed by atoms with van der Waals surface area (Å²) in [6.45, 7) is 9.27. The molecule has 0 unspecified atom stereocenters. The van der Waals surface area contributed by atoms with E-state index in [1.807, 2.05) is 39.8 Å². The predicted octanol–water partition coefficient (Wildman–Crippen LogP) is 2.27. The minimum Gasteiger partial charge on any atom is -0.497 e. The molecule has 1 rings (SSSR count). The average Bonchev–Trinajstić information content (AvgIpc) is 2.47. The highest BCUT2D eigenvalue weighted by Gasteiger charge is 2.46. The Labute approximate surface area is 128 Å². The topological polar surface area (TPSA) is 46.2 Å². The summed E-state index contributed by atoms with van der Waals surface area (Å²) >= 11 is 0. The molecule has 0 spiro atoms. The van der Waals surface area contributed by atoms with E-state index < -0.39 is 8.80 Å². The lowest BCUT2D eigenvalue weighted by atomic mass is 10.2. The van der Waals surface area contributed by atoms with Crippen molar-refractivity contribution in [2.24, 2.45) is 0 Å². The van der Waals surface area contributed by atoms with Crippen LogP contribution in [0.15, 0.2) is 12.1 Å². The molecule has 5 nitrogen and oxygen atoms in total. The fourth-order valence-electron chi connectivity index (χ4n) is 2.22. The number of hydrogen-bond acceptors (Lipinski definition) is 5. The molecule has 0 saturated heterocycles. The van der Waals surface area contributed by atoms with Crippen molar-refractivity contribution in [1.29, 1.82) is 0 Å². The molecule has 0 aliphatic rings. The molecule has 6 heteroatoms. The summed E-state index contributed by atoms with van der Waals surface area (Å²) < 4.78 is 28.7. The van der Waals surface area contributed by atoms with Crippen molar-refractivity contribution < 1.29 is 22.8 Å². The molecular weight excluding hydrogens is 288 g/mol. The standard InChI is InChI=1S/C15H26O5Si/c1-7-18-21(19-8-2,20-9-3)15-11-13(16-5)12(4)10-14(15)17-6/h10-11H,7-9H2,1-6H3. The van der Waals surface area contributed by atoms with Crippen molar-refractivity contribution in [3.05, 3.63) is 17.7 Å². The van der Waals surface area contributed by atoms with Gasteiger partial charge in [-0.15, -0.1) is 0 Å². The Bertz CT molecular complexity index is 433. The number of methoxy groups -OCH3 is 2. The van der Waals surface area contributed by atoms with Gasteiger partial charge in [-0.3, -0.25) is 0 Å². The Morgan fingerprint density at radius 1 is 0.810 bits per heavy atom. The highest BCUT2D eigenvalue weighted by molar-refractivity contribution is 6.76. The van der Waals surface area contributed by atoms with Crippen LogP contribution in [0.1, 0.15) is 26.3 Å². The fraction of sp³-hybridized carbons (Fsp3) is 0.600. The highest BCUT2D eigenvalue weighted by atomic mass is 28.4. The third-order valence-corrected chi connectivity index (χ3v) is 6.11. The third-order valence-electron chi connectivity index (χ3n) is 3.05. The van der Waals surface area contributed by atoms with Gasteiger partial charge < -0.3 is 22.8 Å². The molecule has 0 heterocycles. The second-order valence-electron chi connectivity index (χ2n) is 4.38. The predicted molar refractivity (Wildman–Crippen MR) is 84.5 cm³/mol. The van der Waals surface area contributed by atoms with Crippen molar-refractivity contribution in [1.82, 2.24) is 0 Å². The lowest BCUT2D eigenvalue weighted by Crippen LogP contribution is -2.57. The van der Waals surface area contributed by atoms with Crippen LogP contribution in [0.5, 0.6) is 11.5 Å². The van der Waals surface area contributed by atoms with Gasteiger partial charge in [-0.2, -0.15) is 0 Å². The van der Waals surface area contributed by atoms with Crippen molar-refractivity contribution in [2.75, 3.05) is 34.0 Å². The summed E-state index contributed by atoms with van der Waals surface area (Å²) in [5, 5.41) is 0.804. The largest absolute Gasteiger partial charge is 0.541 e. The van der Waals surface area contributed by atoms with E-state index in [2.05, 4.69) is 0 Å². The zero-order valence-corrected chi connectivity index (χ0v) is 14.8. The smallest absolute Gasteiger partial charge is 0.497 e. The van der Waals surface area contributed by atoms with Gasteiger partial charge in [0, 0.05) is 19.8 Å². The summed E-state index contributed by atoms with van der Waals surface area (Å²) in [6.07, 6.45) is 0. The Hall–Kier alpha value is -1.08. The molecule has 0 saturated carbocycles. The number of benzene rings is 1. The number of ether oxygens (including phenoxy) is 2. The maximum Gasteiger partial charge on any atom is 0.541 e. The average molecular weight is 314 g/mol. The number of rotatable bonds is 9. The fourth-order valence-corrected chi connectivity index (χ4v) is 4.86. The zero-order chi connectivity index (χ0) is 15.9. The molecular formula is C15H26O5Si. The maximum atomic E-state index is 5.94. The second-order valence-corrected chi connectivity index (χ2v) is 6.89. The van der Waals surface area contributed by atoms with Crippen LogP contribution in [0.3, 0.4) is 0 Å². The summed E-state index contributed by atoms with van der Waals surface area (Å²) in [4.78, 5) is 0. The van der Waals surface area contributed by atoms with Gasteiger partial charge in [-0.1, -0.05) is 0 Å². The van der Waals surface area contributed by atoms with E-state index in [1.54, 1.807) is 14.2 Å². The number of hydrogen-bond donors (Lipinski definition) is 0. The Morgan fingerprint density at radius 2 is 1.29 bits per heavy atom. The Morgan fingerprint density at radius 3 is 1.67 bits per heavy atom. The molecule has 0 radical (unpaired) electrons. The van der Waals surface area contributed by atoms with Gasteiger partial charge in [-0.05, 0) is 45.4 Å². The molecule has 1 aromatic carbocycles. The van der Waals surface area contributed by atoms with E-state index in [9.17, 15) is 0 Å². The van der Waals surface area contributed by atoms with Crippen LogP contribution in [0.2, 0.25) is 0 Å². The van der Waals surface area contributed by atoms with Gasteiger partial charge in [0.1, 0.15) is 11.5 Å². The molecule has 1 aromatic rings. The molecule has 0 atom stereocenters. The van der Waals surface area contributed by atoms with Gasteiger partial charge in [-0.25, -0.2) is 0 Å². The molecule has 0 aromatic heterocycles. The van der Waals surface area contributed by atoms with Crippen molar-refractivity contribution in [3.63, 3.8) is 0 Å². The summed E-state index contributed by atoms with van der Waals surface area (Å²) in [5.74, 6) is 1.47. The van der Waals surface area contributed by atoms with Gasteiger partial charge in [0.05, 0.1) is 19.4 Å². The second kappa shape index (κ2) is 8.38. The Kier molecular flexibility index (Phi) is 7.17. The first kappa shape index (κ1) is 18.0. The van der Waals surface area contributed by atoms with Crippen LogP contribution < -0.4 is 14.7 Å². The summed E-state index contributed by atoms with van der Waals surface area (Å²) in [5.41, 5.74) is 0.991. The lowest BCUT2D eigenvalue weighted by Gasteiger charge is -2.30.